The van der Waals surface area contributed by atoms with Crippen LogP contribution < -0.4 is 15.5 Å². The van der Waals surface area contributed by atoms with Crippen LogP contribution >= 0.6 is 0 Å². The maximum Gasteiger partial charge on any atom is 0.154 e. The first-order valence-electron chi connectivity index (χ1n) is 13.2. The molecular formula is C29H34N10. The van der Waals surface area contributed by atoms with Crippen molar-refractivity contribution in [3.05, 3.63) is 78.5 Å². The first-order chi connectivity index (χ1) is 19.0. The molecule has 0 aliphatic carbocycles. The minimum atomic E-state index is 0.357. The molecule has 10 nitrogen and oxygen atoms in total. The van der Waals surface area contributed by atoms with Crippen LogP contribution in [-0.4, -0.2) is 75.5 Å². The summed E-state index contributed by atoms with van der Waals surface area (Å²) in [6, 6.07) is 11.9. The van der Waals surface area contributed by atoms with E-state index in [0.717, 1.165) is 53.9 Å². The Morgan fingerprint density at radius 1 is 1.00 bits per heavy atom. The average Bonchev–Trinajstić information content (AvgIpc) is 2.96. The van der Waals surface area contributed by atoms with Crippen molar-refractivity contribution in [3.63, 3.8) is 0 Å². The molecule has 0 atom stereocenters. The molecule has 0 unspecified atom stereocenters. The molecule has 5 heterocycles. The Bertz CT molecular complexity index is 1460. The van der Waals surface area contributed by atoms with Gasteiger partial charge in [0, 0.05) is 81.4 Å². The van der Waals surface area contributed by atoms with Crippen LogP contribution in [0.15, 0.2) is 67.4 Å². The first-order valence-corrected chi connectivity index (χ1v) is 13.2. The van der Waals surface area contributed by atoms with Gasteiger partial charge < -0.3 is 20.9 Å². The maximum absolute atomic E-state index is 8.94. The Kier molecular flexibility index (Phi) is 8.02. The van der Waals surface area contributed by atoms with Gasteiger partial charge in [-0.05, 0) is 47.9 Å². The summed E-state index contributed by atoms with van der Waals surface area (Å²) in [4.78, 5) is 18.2. The highest BCUT2D eigenvalue weighted by Gasteiger charge is 2.20. The van der Waals surface area contributed by atoms with E-state index in [1.807, 2.05) is 68.2 Å². The van der Waals surface area contributed by atoms with Crippen molar-refractivity contribution in [3.8, 4) is 0 Å². The minimum absolute atomic E-state index is 0.357. The van der Waals surface area contributed by atoms with Gasteiger partial charge in [0.05, 0.1) is 22.9 Å². The molecule has 0 amide bonds. The molecule has 1 aliphatic rings. The third-order valence-corrected chi connectivity index (χ3v) is 6.84. The van der Waals surface area contributed by atoms with Crippen molar-refractivity contribution in [1.82, 2.24) is 35.4 Å². The summed E-state index contributed by atoms with van der Waals surface area (Å²) < 4.78 is 0. The lowest BCUT2D eigenvalue weighted by molar-refractivity contribution is 0.292. The minimum Gasteiger partial charge on any atom is -0.393 e. The number of hydrogen-bond acceptors (Lipinski definition) is 10. The number of nitrogens with zero attached hydrogens (tertiary/aromatic N) is 7. The fraction of sp³-hybridized carbons (Fsp3) is 0.310. The molecule has 10 heteroatoms. The Morgan fingerprint density at radius 2 is 1.79 bits per heavy atom. The molecule has 1 saturated heterocycles. The maximum atomic E-state index is 8.94. The molecule has 1 aliphatic heterocycles. The molecule has 0 saturated carbocycles. The zero-order valence-electron chi connectivity index (χ0n) is 22.6. The molecule has 0 aromatic carbocycles. The van der Waals surface area contributed by atoms with E-state index < -0.39 is 0 Å². The molecule has 3 N–H and O–H groups in total. The Hall–Kier alpha value is -4.44. The van der Waals surface area contributed by atoms with Crippen molar-refractivity contribution >= 4 is 39.6 Å². The molecule has 0 spiro atoms. The summed E-state index contributed by atoms with van der Waals surface area (Å²) in [7, 11) is 1.85. The summed E-state index contributed by atoms with van der Waals surface area (Å²) in [5, 5.41) is 23.6. The predicted octanol–water partition coefficient (Wildman–Crippen LogP) is 4.08. The van der Waals surface area contributed by atoms with E-state index in [2.05, 4.69) is 54.4 Å². The van der Waals surface area contributed by atoms with E-state index in [1.165, 1.54) is 5.69 Å². The van der Waals surface area contributed by atoms with Gasteiger partial charge in [-0.15, -0.1) is 5.10 Å². The van der Waals surface area contributed by atoms with Crippen LogP contribution in [0.5, 0.6) is 0 Å². The van der Waals surface area contributed by atoms with E-state index in [1.54, 1.807) is 6.20 Å². The monoisotopic (exact) mass is 522 g/mol. The molecule has 1 fully saturated rings. The number of nitrogens with one attached hydrogen (secondary N) is 3. The van der Waals surface area contributed by atoms with Crippen molar-refractivity contribution in [2.75, 3.05) is 50.0 Å². The van der Waals surface area contributed by atoms with E-state index in [9.17, 15) is 0 Å². The second-order valence-electron chi connectivity index (χ2n) is 9.91. The topological polar surface area (TPSA) is 119 Å². The van der Waals surface area contributed by atoms with Crippen LogP contribution in [0, 0.1) is 5.41 Å². The zero-order chi connectivity index (χ0) is 27.2. The highest BCUT2D eigenvalue weighted by Crippen LogP contribution is 2.23. The number of fused-ring (bicyclic) bond motifs is 1. The van der Waals surface area contributed by atoms with Crippen LogP contribution in [0.1, 0.15) is 30.9 Å². The number of anilines is 3. The highest BCUT2D eigenvalue weighted by atomic mass is 15.3. The molecule has 4 aromatic rings. The molecule has 5 rings (SSSR count). The quantitative estimate of drug-likeness (QED) is 0.279. The van der Waals surface area contributed by atoms with Gasteiger partial charge in [-0.2, -0.15) is 5.10 Å². The van der Waals surface area contributed by atoms with Gasteiger partial charge in [0.2, 0.25) is 0 Å². The molecule has 39 heavy (non-hydrogen) atoms. The Balaban J connectivity index is 1.29. The molecule has 4 aromatic heterocycles. The van der Waals surface area contributed by atoms with Gasteiger partial charge in [-0.1, -0.05) is 13.8 Å². The lowest BCUT2D eigenvalue weighted by Crippen LogP contribution is -2.48. The fourth-order valence-corrected chi connectivity index (χ4v) is 4.63. The van der Waals surface area contributed by atoms with Crippen LogP contribution in [0.4, 0.5) is 17.3 Å². The van der Waals surface area contributed by atoms with Gasteiger partial charge in [-0.25, -0.2) is 4.98 Å². The Morgan fingerprint density at radius 3 is 2.54 bits per heavy atom. The van der Waals surface area contributed by atoms with Crippen LogP contribution in [0.2, 0.25) is 0 Å². The summed E-state index contributed by atoms with van der Waals surface area (Å²) in [6.45, 7) is 8.44. The third kappa shape index (κ3) is 6.35. The lowest BCUT2D eigenvalue weighted by Gasteiger charge is -2.36. The summed E-state index contributed by atoms with van der Waals surface area (Å²) in [5.74, 6) is 1.67. The second-order valence-corrected chi connectivity index (χ2v) is 9.91. The number of aromatic nitrogens is 5. The largest absolute Gasteiger partial charge is 0.393 e. The van der Waals surface area contributed by atoms with Gasteiger partial charge in [0.25, 0.3) is 0 Å². The van der Waals surface area contributed by atoms with E-state index in [4.69, 9.17) is 10.4 Å². The summed E-state index contributed by atoms with van der Waals surface area (Å²) >= 11 is 0. The first kappa shape index (κ1) is 26.2. The van der Waals surface area contributed by atoms with Crippen LogP contribution in [-0.2, 0) is 0 Å². The van der Waals surface area contributed by atoms with Crippen LogP contribution in [0.3, 0.4) is 0 Å². The number of hydrogen-bond donors (Lipinski definition) is 3. The zero-order valence-corrected chi connectivity index (χ0v) is 22.6. The summed E-state index contributed by atoms with van der Waals surface area (Å²) in [6.07, 6.45) is 9.12. The van der Waals surface area contributed by atoms with Crippen molar-refractivity contribution in [2.24, 2.45) is 0 Å². The van der Waals surface area contributed by atoms with Crippen LogP contribution in [0.25, 0.3) is 16.6 Å². The van der Waals surface area contributed by atoms with Crippen molar-refractivity contribution in [1.29, 1.82) is 5.41 Å². The number of pyridine rings is 3. The Labute approximate surface area is 228 Å². The van der Waals surface area contributed by atoms with Gasteiger partial charge >= 0.3 is 0 Å². The van der Waals surface area contributed by atoms with Gasteiger partial charge in [-0.3, -0.25) is 14.9 Å². The second kappa shape index (κ2) is 12.0. The molecule has 0 bridgehead atoms. The number of piperazine rings is 1. The standard InChI is InChI=1S/C29H34N10/c1-20(2)21-15-29(37-34-17-21)36-28-5-4-26-27(35-28)14-22(16-33-26)24(18-31-3)25(30)19-38-10-12-39(13-11-38)23-6-8-32-9-7-23/h4-9,14-18,20,30-31H,10-13,19H2,1-3H3,(H,35,36,37)/b24-18-,30-25?. The normalized spacial score (nSPS) is 14.6. The third-order valence-electron chi connectivity index (χ3n) is 6.84. The SMILES string of the molecule is CN/C=C(\C(=N)CN1CCN(c2ccncc2)CC1)c1cnc2ccc(Nc3cc(C(C)C)cnn3)nc2c1. The smallest absolute Gasteiger partial charge is 0.154 e. The molecular weight excluding hydrogens is 488 g/mol. The van der Waals surface area contributed by atoms with E-state index in [-0.39, 0.29) is 0 Å². The number of rotatable bonds is 9. The van der Waals surface area contributed by atoms with Crippen molar-refractivity contribution in [2.45, 2.75) is 19.8 Å². The van der Waals surface area contributed by atoms with Gasteiger partial charge in [0.1, 0.15) is 5.82 Å². The highest BCUT2D eigenvalue weighted by molar-refractivity contribution is 6.23. The molecule has 200 valence electrons. The molecule has 0 radical (unpaired) electrons. The van der Waals surface area contributed by atoms with E-state index in [0.29, 0.717) is 29.8 Å². The van der Waals surface area contributed by atoms with E-state index >= 15 is 0 Å². The predicted molar refractivity (Wildman–Crippen MR) is 157 cm³/mol. The fourth-order valence-electron chi connectivity index (χ4n) is 4.63. The lowest BCUT2D eigenvalue weighted by atomic mass is 10.0. The van der Waals surface area contributed by atoms with Gasteiger partial charge in [0.15, 0.2) is 5.82 Å². The summed E-state index contributed by atoms with van der Waals surface area (Å²) in [5.41, 5.74) is 6.02. The average molecular weight is 523 g/mol. The van der Waals surface area contributed by atoms with Crippen molar-refractivity contribution < 1.29 is 0 Å².